The van der Waals surface area contributed by atoms with Crippen LogP contribution < -0.4 is 14.8 Å². The van der Waals surface area contributed by atoms with Gasteiger partial charge in [-0.05, 0) is 42.0 Å². The van der Waals surface area contributed by atoms with Gasteiger partial charge in [0.2, 0.25) is 6.79 Å². The summed E-state index contributed by atoms with van der Waals surface area (Å²) in [5.74, 6) is 1.08. The zero-order valence-corrected chi connectivity index (χ0v) is 18.1. The second-order valence-corrected chi connectivity index (χ2v) is 8.20. The molecule has 0 unspecified atom stereocenters. The van der Waals surface area contributed by atoms with Gasteiger partial charge in [0.15, 0.2) is 11.5 Å². The van der Waals surface area contributed by atoms with Crippen molar-refractivity contribution in [2.45, 2.75) is 6.54 Å². The van der Waals surface area contributed by atoms with Gasteiger partial charge in [-0.15, -0.1) is 0 Å². The highest BCUT2D eigenvalue weighted by molar-refractivity contribution is 6.31. The lowest BCUT2D eigenvalue weighted by molar-refractivity contribution is 0.0946. The fourth-order valence-electron chi connectivity index (χ4n) is 4.12. The number of hydrogen-bond acceptors (Lipinski definition) is 4. The molecule has 5 aromatic rings. The Morgan fingerprint density at radius 3 is 2.70 bits per heavy atom. The van der Waals surface area contributed by atoms with E-state index in [4.69, 9.17) is 26.1 Å². The van der Waals surface area contributed by atoms with Crippen molar-refractivity contribution in [1.29, 1.82) is 0 Å². The Labute approximate surface area is 194 Å². The van der Waals surface area contributed by atoms with Crippen LogP contribution in [0.15, 0.2) is 72.8 Å². The van der Waals surface area contributed by atoms with E-state index in [1.165, 1.54) is 0 Å². The highest BCUT2D eigenvalue weighted by atomic mass is 35.5. The smallest absolute Gasteiger partial charge is 0.270 e. The number of nitrogens with one attached hydrogen (secondary N) is 2. The standard InChI is InChI=1S/C26H18ClN3O3/c27-19-7-3-1-5-16(19)13-28-26(31)21-12-18-17-6-2-4-8-20(17)29-25(18)24(30-21)15-9-10-22-23(11-15)33-14-32-22/h1-12,29H,13-14H2,(H,28,31). The van der Waals surface area contributed by atoms with Crippen LogP contribution in [0.4, 0.5) is 0 Å². The number of aromatic nitrogens is 2. The Morgan fingerprint density at radius 2 is 1.79 bits per heavy atom. The van der Waals surface area contributed by atoms with Gasteiger partial charge in [0.05, 0.1) is 11.2 Å². The van der Waals surface area contributed by atoms with Crippen molar-refractivity contribution in [2.75, 3.05) is 6.79 Å². The fraction of sp³-hybridized carbons (Fsp3) is 0.0769. The number of H-pyrrole nitrogens is 1. The van der Waals surface area contributed by atoms with Gasteiger partial charge in [0.1, 0.15) is 5.69 Å². The monoisotopic (exact) mass is 455 g/mol. The van der Waals surface area contributed by atoms with Crippen LogP contribution in [0.1, 0.15) is 16.1 Å². The van der Waals surface area contributed by atoms with Crippen molar-refractivity contribution in [3.8, 4) is 22.8 Å². The number of rotatable bonds is 4. The normalized spacial score (nSPS) is 12.4. The van der Waals surface area contributed by atoms with Crippen molar-refractivity contribution in [2.24, 2.45) is 0 Å². The number of nitrogens with zero attached hydrogens (tertiary/aromatic N) is 1. The molecule has 0 bridgehead atoms. The number of hydrogen-bond donors (Lipinski definition) is 2. The summed E-state index contributed by atoms with van der Waals surface area (Å²) in [4.78, 5) is 21.3. The molecule has 0 aliphatic carbocycles. The third-order valence-electron chi connectivity index (χ3n) is 5.77. The van der Waals surface area contributed by atoms with Crippen LogP contribution >= 0.6 is 11.6 Å². The van der Waals surface area contributed by atoms with Crippen molar-refractivity contribution < 1.29 is 14.3 Å². The molecule has 1 amide bonds. The maximum absolute atomic E-state index is 13.1. The van der Waals surface area contributed by atoms with Crippen LogP contribution in [0.25, 0.3) is 33.1 Å². The topological polar surface area (TPSA) is 76.2 Å². The maximum Gasteiger partial charge on any atom is 0.270 e. The molecule has 0 spiro atoms. The van der Waals surface area contributed by atoms with Gasteiger partial charge >= 0.3 is 0 Å². The Balaban J connectivity index is 1.46. The molecule has 1 aliphatic rings. The predicted octanol–water partition coefficient (Wildman–Crippen LogP) is 5.70. The maximum atomic E-state index is 13.1. The molecule has 33 heavy (non-hydrogen) atoms. The second kappa shape index (κ2) is 7.83. The minimum absolute atomic E-state index is 0.193. The van der Waals surface area contributed by atoms with E-state index in [0.717, 1.165) is 32.9 Å². The first kappa shape index (κ1) is 19.6. The first-order chi connectivity index (χ1) is 16.2. The average molecular weight is 456 g/mol. The third-order valence-corrected chi connectivity index (χ3v) is 6.14. The van der Waals surface area contributed by atoms with E-state index in [-0.39, 0.29) is 12.7 Å². The molecule has 7 heteroatoms. The number of ether oxygens (including phenoxy) is 2. The number of carbonyl (C=O) groups is 1. The Kier molecular flexibility index (Phi) is 4.66. The SMILES string of the molecule is O=C(NCc1ccccc1Cl)c1cc2c([nH]c3ccccc32)c(-c2ccc3c(c2)OCO3)n1. The zero-order valence-electron chi connectivity index (χ0n) is 17.4. The minimum Gasteiger partial charge on any atom is -0.454 e. The first-order valence-corrected chi connectivity index (χ1v) is 10.9. The summed E-state index contributed by atoms with van der Waals surface area (Å²) in [6, 6.07) is 22.9. The van der Waals surface area contributed by atoms with Crippen molar-refractivity contribution in [3.63, 3.8) is 0 Å². The van der Waals surface area contributed by atoms with Crippen LogP contribution in [0.5, 0.6) is 11.5 Å². The number of halogens is 1. The largest absolute Gasteiger partial charge is 0.454 e. The molecule has 2 aromatic heterocycles. The molecule has 0 fully saturated rings. The number of pyridine rings is 1. The Morgan fingerprint density at radius 1 is 0.970 bits per heavy atom. The van der Waals surface area contributed by atoms with Gasteiger partial charge in [-0.25, -0.2) is 4.98 Å². The molecule has 0 saturated heterocycles. The molecule has 3 heterocycles. The summed E-state index contributed by atoms with van der Waals surface area (Å²) in [7, 11) is 0. The zero-order chi connectivity index (χ0) is 22.4. The lowest BCUT2D eigenvalue weighted by Crippen LogP contribution is -2.24. The minimum atomic E-state index is -0.274. The van der Waals surface area contributed by atoms with E-state index in [9.17, 15) is 4.79 Å². The molecular weight excluding hydrogens is 438 g/mol. The predicted molar refractivity (Wildman–Crippen MR) is 128 cm³/mol. The van der Waals surface area contributed by atoms with E-state index in [0.29, 0.717) is 34.5 Å². The fourth-order valence-corrected chi connectivity index (χ4v) is 4.33. The number of carbonyl (C=O) groups excluding carboxylic acids is 1. The van der Waals surface area contributed by atoms with Gasteiger partial charge < -0.3 is 19.8 Å². The van der Waals surface area contributed by atoms with Crippen LogP contribution in [-0.2, 0) is 6.54 Å². The highest BCUT2D eigenvalue weighted by Crippen LogP contribution is 2.38. The number of benzene rings is 3. The van der Waals surface area contributed by atoms with E-state index in [2.05, 4.69) is 10.3 Å². The summed E-state index contributed by atoms with van der Waals surface area (Å²) < 4.78 is 11.0. The summed E-state index contributed by atoms with van der Waals surface area (Å²) in [6.07, 6.45) is 0. The van der Waals surface area contributed by atoms with E-state index in [1.807, 2.05) is 66.7 Å². The Hall–Kier alpha value is -4.03. The van der Waals surface area contributed by atoms with Gasteiger partial charge in [0, 0.05) is 33.4 Å². The lowest BCUT2D eigenvalue weighted by Gasteiger charge is -2.10. The van der Waals surface area contributed by atoms with Crippen LogP contribution in [0, 0.1) is 0 Å². The van der Waals surface area contributed by atoms with E-state index in [1.54, 1.807) is 6.07 Å². The van der Waals surface area contributed by atoms with Crippen LogP contribution in [0.2, 0.25) is 5.02 Å². The summed E-state index contributed by atoms with van der Waals surface area (Å²) >= 11 is 6.24. The van der Waals surface area contributed by atoms with E-state index >= 15 is 0 Å². The molecule has 6 nitrogen and oxygen atoms in total. The number of para-hydroxylation sites is 1. The molecule has 0 atom stereocenters. The number of fused-ring (bicyclic) bond motifs is 4. The molecule has 0 saturated carbocycles. The molecule has 162 valence electrons. The third kappa shape index (κ3) is 3.45. The van der Waals surface area contributed by atoms with E-state index < -0.39 is 0 Å². The molecule has 0 radical (unpaired) electrons. The first-order valence-electron chi connectivity index (χ1n) is 10.5. The van der Waals surface area contributed by atoms with Crippen molar-refractivity contribution in [1.82, 2.24) is 15.3 Å². The van der Waals surface area contributed by atoms with Gasteiger partial charge in [0.25, 0.3) is 5.91 Å². The second-order valence-electron chi connectivity index (χ2n) is 7.79. The lowest BCUT2D eigenvalue weighted by atomic mass is 10.1. The quantitative estimate of drug-likeness (QED) is 0.364. The van der Waals surface area contributed by atoms with Crippen molar-refractivity contribution >= 4 is 39.3 Å². The van der Waals surface area contributed by atoms with Crippen LogP contribution in [-0.4, -0.2) is 22.7 Å². The summed E-state index contributed by atoms with van der Waals surface area (Å²) in [5, 5.41) is 5.50. The van der Waals surface area contributed by atoms with Gasteiger partial charge in [-0.1, -0.05) is 48.0 Å². The molecule has 2 N–H and O–H groups in total. The highest BCUT2D eigenvalue weighted by Gasteiger charge is 2.20. The molecule has 6 rings (SSSR count). The van der Waals surface area contributed by atoms with Gasteiger partial charge in [-0.2, -0.15) is 0 Å². The summed E-state index contributed by atoms with van der Waals surface area (Å²) in [6.45, 7) is 0.504. The molecule has 3 aromatic carbocycles. The molecular formula is C26H18ClN3O3. The number of amides is 1. The van der Waals surface area contributed by atoms with Crippen LogP contribution in [0.3, 0.4) is 0 Å². The number of aromatic amines is 1. The van der Waals surface area contributed by atoms with Gasteiger partial charge in [-0.3, -0.25) is 4.79 Å². The van der Waals surface area contributed by atoms with Crippen molar-refractivity contribution in [3.05, 3.63) is 89.1 Å². The summed E-state index contributed by atoms with van der Waals surface area (Å²) in [5.41, 5.74) is 4.51. The average Bonchev–Trinajstić information content (AvgIpc) is 3.46. The molecule has 1 aliphatic heterocycles. The Bertz CT molecular complexity index is 1540.